The molecule has 0 aliphatic heterocycles. The first-order valence-electron chi connectivity index (χ1n) is 5.11. The van der Waals surface area contributed by atoms with E-state index in [9.17, 15) is 23.8 Å². The summed E-state index contributed by atoms with van der Waals surface area (Å²) in [6, 6.07) is 0. The summed E-state index contributed by atoms with van der Waals surface area (Å²) in [5, 5.41) is 25.6. The van der Waals surface area contributed by atoms with Crippen LogP contribution in [0.2, 0.25) is 0 Å². The topological polar surface area (TPSA) is 149 Å². The molecule has 0 saturated heterocycles. The van der Waals surface area contributed by atoms with Gasteiger partial charge in [-0.1, -0.05) is 0 Å². The standard InChI is InChI=1S/C9H15O8P/c10-7(11)2-1-6(9(14)15)5-18(16,17)4-3-8(12)13/h6H,1-5H2,(H,10,11)(H,12,13)(H,14,15)(H,16,17)/t6-/m1/s1. The quantitative estimate of drug-likeness (QED) is 0.441. The van der Waals surface area contributed by atoms with Crippen molar-refractivity contribution in [2.24, 2.45) is 5.92 Å². The van der Waals surface area contributed by atoms with E-state index in [2.05, 4.69) is 0 Å². The Balaban J connectivity index is 4.46. The van der Waals surface area contributed by atoms with Gasteiger partial charge >= 0.3 is 17.9 Å². The van der Waals surface area contributed by atoms with E-state index >= 15 is 0 Å². The third kappa shape index (κ3) is 7.81. The highest BCUT2D eigenvalue weighted by molar-refractivity contribution is 7.58. The summed E-state index contributed by atoms with van der Waals surface area (Å²) in [6.45, 7) is 0. The average molecular weight is 282 g/mol. The van der Waals surface area contributed by atoms with Crippen LogP contribution in [0.15, 0.2) is 0 Å². The fourth-order valence-electron chi connectivity index (χ4n) is 1.30. The van der Waals surface area contributed by atoms with Crippen molar-refractivity contribution in [2.45, 2.75) is 19.3 Å². The highest BCUT2D eigenvalue weighted by Crippen LogP contribution is 2.43. The van der Waals surface area contributed by atoms with Crippen molar-refractivity contribution in [1.29, 1.82) is 0 Å². The zero-order chi connectivity index (χ0) is 14.3. The Hall–Kier alpha value is -1.40. The highest BCUT2D eigenvalue weighted by atomic mass is 31.2. The molecule has 0 saturated carbocycles. The molecule has 0 spiro atoms. The normalized spacial score (nSPS) is 15.6. The maximum atomic E-state index is 11.6. The van der Waals surface area contributed by atoms with Crippen LogP contribution in [0.1, 0.15) is 19.3 Å². The van der Waals surface area contributed by atoms with E-state index in [1.165, 1.54) is 0 Å². The lowest BCUT2D eigenvalue weighted by Crippen LogP contribution is -2.20. The summed E-state index contributed by atoms with van der Waals surface area (Å²) in [6.07, 6.45) is -2.33. The zero-order valence-electron chi connectivity index (χ0n) is 9.48. The number of hydrogen-bond donors (Lipinski definition) is 4. The molecule has 4 N–H and O–H groups in total. The molecular weight excluding hydrogens is 267 g/mol. The van der Waals surface area contributed by atoms with E-state index in [0.29, 0.717) is 0 Å². The first-order chi connectivity index (χ1) is 8.14. The molecule has 0 aliphatic rings. The Kier molecular flexibility index (Phi) is 6.57. The number of rotatable bonds is 9. The van der Waals surface area contributed by atoms with Gasteiger partial charge in [-0.05, 0) is 6.42 Å². The summed E-state index contributed by atoms with van der Waals surface area (Å²) >= 11 is 0. The fraction of sp³-hybridized carbons (Fsp3) is 0.667. The SMILES string of the molecule is O=C(O)CC[C@H](CP(=O)(O)CCC(=O)O)C(=O)O. The van der Waals surface area contributed by atoms with Gasteiger partial charge < -0.3 is 20.2 Å². The predicted molar refractivity (Wildman–Crippen MR) is 59.8 cm³/mol. The fourth-order valence-corrected chi connectivity index (χ4v) is 3.05. The summed E-state index contributed by atoms with van der Waals surface area (Å²) in [4.78, 5) is 40.8. The van der Waals surface area contributed by atoms with Crippen LogP contribution in [0.25, 0.3) is 0 Å². The zero-order valence-corrected chi connectivity index (χ0v) is 10.4. The Labute approximate surface area is 103 Å². The molecule has 0 bridgehead atoms. The smallest absolute Gasteiger partial charge is 0.307 e. The van der Waals surface area contributed by atoms with E-state index in [1.807, 2.05) is 0 Å². The van der Waals surface area contributed by atoms with Crippen LogP contribution < -0.4 is 0 Å². The van der Waals surface area contributed by atoms with E-state index in [4.69, 9.17) is 15.3 Å². The predicted octanol–water partition coefficient (Wildman–Crippen LogP) is 0.297. The van der Waals surface area contributed by atoms with Crippen molar-refractivity contribution < 1.29 is 39.2 Å². The summed E-state index contributed by atoms with van der Waals surface area (Å²) in [5.74, 6) is -5.06. The van der Waals surface area contributed by atoms with Crippen LogP contribution in [0.5, 0.6) is 0 Å². The maximum absolute atomic E-state index is 11.6. The highest BCUT2D eigenvalue weighted by Gasteiger charge is 2.29. The first-order valence-corrected chi connectivity index (χ1v) is 7.14. The number of aliphatic carboxylic acids is 3. The molecule has 0 rings (SSSR count). The lowest BCUT2D eigenvalue weighted by Gasteiger charge is -2.15. The molecule has 9 heteroatoms. The molecule has 0 aromatic rings. The van der Waals surface area contributed by atoms with Crippen LogP contribution in [0.4, 0.5) is 0 Å². The van der Waals surface area contributed by atoms with E-state index in [-0.39, 0.29) is 6.42 Å². The van der Waals surface area contributed by atoms with Gasteiger partial charge in [0.25, 0.3) is 0 Å². The Morgan fingerprint density at radius 1 is 1.00 bits per heavy atom. The minimum absolute atomic E-state index is 0.262. The van der Waals surface area contributed by atoms with Crippen LogP contribution in [0, 0.1) is 5.92 Å². The lowest BCUT2D eigenvalue weighted by atomic mass is 10.1. The van der Waals surface area contributed by atoms with E-state index < -0.39 is 56.4 Å². The maximum Gasteiger partial charge on any atom is 0.307 e. The van der Waals surface area contributed by atoms with Crippen molar-refractivity contribution in [3.8, 4) is 0 Å². The first kappa shape index (κ1) is 16.6. The minimum Gasteiger partial charge on any atom is -0.481 e. The molecular formula is C9H15O8P. The number of hydrogen-bond acceptors (Lipinski definition) is 4. The van der Waals surface area contributed by atoms with Crippen LogP contribution >= 0.6 is 7.37 Å². The molecule has 18 heavy (non-hydrogen) atoms. The van der Waals surface area contributed by atoms with Gasteiger partial charge in [0.15, 0.2) is 0 Å². The molecule has 0 radical (unpaired) electrons. The number of carbonyl (C=O) groups is 3. The second-order valence-corrected chi connectivity index (χ2v) is 6.37. The van der Waals surface area contributed by atoms with E-state index in [0.717, 1.165) is 0 Å². The average Bonchev–Trinajstić information content (AvgIpc) is 2.21. The third-order valence-electron chi connectivity index (χ3n) is 2.24. The van der Waals surface area contributed by atoms with Crippen LogP contribution in [-0.4, -0.2) is 50.4 Å². The molecule has 1 unspecified atom stereocenters. The van der Waals surface area contributed by atoms with Crippen molar-refractivity contribution in [3.63, 3.8) is 0 Å². The monoisotopic (exact) mass is 282 g/mol. The van der Waals surface area contributed by atoms with Gasteiger partial charge in [0, 0.05) is 18.7 Å². The molecule has 0 aromatic heterocycles. The van der Waals surface area contributed by atoms with Crippen molar-refractivity contribution >= 4 is 25.3 Å². The second kappa shape index (κ2) is 7.13. The molecule has 104 valence electrons. The molecule has 0 heterocycles. The Morgan fingerprint density at radius 3 is 1.89 bits per heavy atom. The molecule has 0 fully saturated rings. The van der Waals surface area contributed by atoms with Crippen molar-refractivity contribution in [1.82, 2.24) is 0 Å². The molecule has 8 nitrogen and oxygen atoms in total. The van der Waals surface area contributed by atoms with Gasteiger partial charge in [-0.3, -0.25) is 18.9 Å². The van der Waals surface area contributed by atoms with Crippen LogP contribution in [-0.2, 0) is 18.9 Å². The van der Waals surface area contributed by atoms with Gasteiger partial charge in [-0.15, -0.1) is 0 Å². The Morgan fingerprint density at radius 2 is 1.50 bits per heavy atom. The van der Waals surface area contributed by atoms with Gasteiger partial charge in [-0.25, -0.2) is 0 Å². The molecule has 0 amide bonds. The van der Waals surface area contributed by atoms with Crippen molar-refractivity contribution in [2.75, 3.05) is 12.3 Å². The molecule has 0 aliphatic carbocycles. The lowest BCUT2D eigenvalue weighted by molar-refractivity contribution is -0.142. The van der Waals surface area contributed by atoms with Gasteiger partial charge in [0.05, 0.1) is 12.3 Å². The van der Waals surface area contributed by atoms with Gasteiger partial charge in [0.1, 0.15) is 0 Å². The van der Waals surface area contributed by atoms with Crippen molar-refractivity contribution in [3.05, 3.63) is 0 Å². The number of carboxylic acid groups (broad SMARTS) is 3. The molecule has 2 atom stereocenters. The largest absolute Gasteiger partial charge is 0.481 e. The Bertz CT molecular complexity index is 377. The second-order valence-electron chi connectivity index (χ2n) is 3.86. The van der Waals surface area contributed by atoms with Crippen LogP contribution in [0.3, 0.4) is 0 Å². The van der Waals surface area contributed by atoms with E-state index in [1.54, 1.807) is 0 Å². The third-order valence-corrected chi connectivity index (χ3v) is 4.17. The summed E-state index contributed by atoms with van der Waals surface area (Å²) in [5.41, 5.74) is 0. The summed E-state index contributed by atoms with van der Waals surface area (Å²) in [7, 11) is -3.87. The van der Waals surface area contributed by atoms with Gasteiger partial charge in [0.2, 0.25) is 7.37 Å². The minimum atomic E-state index is -3.87. The molecule has 0 aromatic carbocycles. The number of carboxylic acids is 3. The van der Waals surface area contributed by atoms with Gasteiger partial charge in [-0.2, -0.15) is 0 Å². The summed E-state index contributed by atoms with van der Waals surface area (Å²) < 4.78 is 11.6.